The predicted molar refractivity (Wildman–Crippen MR) is 57.4 cm³/mol. The monoisotopic (exact) mass is 212 g/mol. The van der Waals surface area contributed by atoms with Crippen molar-refractivity contribution in [2.75, 3.05) is 32.8 Å². The Morgan fingerprint density at radius 1 is 1.47 bits per heavy atom. The summed E-state index contributed by atoms with van der Waals surface area (Å²) in [6.45, 7) is 3.68. The van der Waals surface area contributed by atoms with Crippen molar-refractivity contribution < 1.29 is 9.90 Å². The van der Waals surface area contributed by atoms with Gasteiger partial charge >= 0.3 is 0 Å². The highest BCUT2D eigenvalue weighted by Gasteiger charge is 2.30. The van der Waals surface area contributed by atoms with Crippen LogP contribution in [-0.2, 0) is 4.79 Å². The number of likely N-dealkylation sites (tertiary alicyclic amines) is 1. The normalized spacial score (nSPS) is 31.9. The Labute approximate surface area is 90.6 Å². The van der Waals surface area contributed by atoms with Crippen LogP contribution >= 0.6 is 0 Å². The second kappa shape index (κ2) is 4.94. The summed E-state index contributed by atoms with van der Waals surface area (Å²) < 4.78 is 0. The summed E-state index contributed by atoms with van der Waals surface area (Å²) in [5.41, 5.74) is 0. The van der Waals surface area contributed by atoms with E-state index in [1.165, 1.54) is 0 Å². The van der Waals surface area contributed by atoms with Gasteiger partial charge in [-0.15, -0.1) is 0 Å². The Kier molecular flexibility index (Phi) is 3.59. The number of amides is 1. The van der Waals surface area contributed by atoms with Crippen LogP contribution in [0.5, 0.6) is 0 Å². The van der Waals surface area contributed by atoms with Gasteiger partial charge in [-0.2, -0.15) is 0 Å². The number of carbonyl (C=O) groups excluding carboxylic acids is 1. The number of hydrogen-bond acceptors (Lipinski definition) is 3. The molecule has 2 fully saturated rings. The third-order valence-electron chi connectivity index (χ3n) is 3.50. The Morgan fingerprint density at radius 3 is 2.93 bits per heavy atom. The van der Waals surface area contributed by atoms with Crippen LogP contribution in [0.4, 0.5) is 0 Å². The average molecular weight is 212 g/mol. The molecule has 2 N–H and O–H groups in total. The highest BCUT2D eigenvalue weighted by atomic mass is 16.3. The summed E-state index contributed by atoms with van der Waals surface area (Å²) in [5, 5.41) is 12.3. The summed E-state index contributed by atoms with van der Waals surface area (Å²) in [7, 11) is 0. The molecule has 1 amide bonds. The zero-order valence-electron chi connectivity index (χ0n) is 9.11. The summed E-state index contributed by atoms with van der Waals surface area (Å²) in [4.78, 5) is 14.0. The molecule has 0 aromatic rings. The fraction of sp³-hybridized carbons (Fsp3) is 0.909. The number of nitrogens with one attached hydrogen (secondary N) is 1. The molecule has 0 aromatic heterocycles. The Bertz CT molecular complexity index is 227. The lowest BCUT2D eigenvalue weighted by Gasteiger charge is -2.26. The number of rotatable bonds is 2. The lowest BCUT2D eigenvalue weighted by atomic mass is 9.98. The SMILES string of the molecule is O=C([C@H]1CCCNC1)N1CC[C@@H](CO)C1. The molecule has 2 aliphatic heterocycles. The van der Waals surface area contributed by atoms with Gasteiger partial charge in [-0.05, 0) is 25.8 Å². The van der Waals surface area contributed by atoms with Crippen molar-refractivity contribution in [3.05, 3.63) is 0 Å². The van der Waals surface area contributed by atoms with E-state index in [0.29, 0.717) is 5.92 Å². The minimum atomic E-state index is 0.177. The fourth-order valence-corrected chi connectivity index (χ4v) is 2.50. The van der Waals surface area contributed by atoms with Crippen molar-refractivity contribution in [2.24, 2.45) is 11.8 Å². The molecular weight excluding hydrogens is 192 g/mol. The number of aliphatic hydroxyl groups excluding tert-OH is 1. The maximum atomic E-state index is 12.1. The van der Waals surface area contributed by atoms with E-state index in [0.717, 1.165) is 45.4 Å². The van der Waals surface area contributed by atoms with E-state index in [9.17, 15) is 4.79 Å². The third kappa shape index (κ3) is 2.49. The fourth-order valence-electron chi connectivity index (χ4n) is 2.50. The molecule has 2 aliphatic rings. The molecular formula is C11H20N2O2. The number of piperidine rings is 1. The van der Waals surface area contributed by atoms with Crippen LogP contribution in [0.1, 0.15) is 19.3 Å². The summed E-state index contributed by atoms with van der Waals surface area (Å²) in [6, 6.07) is 0. The lowest BCUT2D eigenvalue weighted by molar-refractivity contribution is -0.135. The van der Waals surface area contributed by atoms with E-state index >= 15 is 0 Å². The van der Waals surface area contributed by atoms with Crippen molar-refractivity contribution >= 4 is 5.91 Å². The van der Waals surface area contributed by atoms with Crippen LogP contribution in [-0.4, -0.2) is 48.7 Å². The molecule has 0 spiro atoms. The second-order valence-electron chi connectivity index (χ2n) is 4.66. The highest BCUT2D eigenvalue weighted by molar-refractivity contribution is 5.79. The Balaban J connectivity index is 1.85. The average Bonchev–Trinajstić information content (AvgIpc) is 2.78. The first-order valence-corrected chi connectivity index (χ1v) is 5.91. The molecule has 86 valence electrons. The highest BCUT2D eigenvalue weighted by Crippen LogP contribution is 2.20. The number of carbonyl (C=O) groups is 1. The van der Waals surface area contributed by atoms with Gasteiger partial charge in [-0.1, -0.05) is 0 Å². The molecule has 2 rings (SSSR count). The molecule has 4 heteroatoms. The molecule has 2 saturated heterocycles. The predicted octanol–water partition coefficient (Wildman–Crippen LogP) is -0.173. The van der Waals surface area contributed by atoms with Gasteiger partial charge in [0.25, 0.3) is 0 Å². The minimum absolute atomic E-state index is 0.177. The molecule has 4 nitrogen and oxygen atoms in total. The number of hydrogen-bond donors (Lipinski definition) is 2. The summed E-state index contributed by atoms with van der Waals surface area (Å²) in [6.07, 6.45) is 3.09. The molecule has 0 unspecified atom stereocenters. The first-order valence-electron chi connectivity index (χ1n) is 5.91. The second-order valence-corrected chi connectivity index (χ2v) is 4.66. The zero-order valence-corrected chi connectivity index (χ0v) is 9.11. The van der Waals surface area contributed by atoms with E-state index in [1.54, 1.807) is 0 Å². The topological polar surface area (TPSA) is 52.6 Å². The van der Waals surface area contributed by atoms with E-state index < -0.39 is 0 Å². The van der Waals surface area contributed by atoms with Crippen LogP contribution < -0.4 is 5.32 Å². The van der Waals surface area contributed by atoms with Gasteiger partial charge in [0, 0.05) is 32.2 Å². The molecule has 15 heavy (non-hydrogen) atoms. The quantitative estimate of drug-likeness (QED) is 0.668. The molecule has 0 aliphatic carbocycles. The molecule has 0 radical (unpaired) electrons. The third-order valence-corrected chi connectivity index (χ3v) is 3.50. The zero-order chi connectivity index (χ0) is 10.7. The van der Waals surface area contributed by atoms with E-state index in [2.05, 4.69) is 5.32 Å². The largest absolute Gasteiger partial charge is 0.396 e. The smallest absolute Gasteiger partial charge is 0.226 e. The van der Waals surface area contributed by atoms with Crippen molar-refractivity contribution in [3.8, 4) is 0 Å². The van der Waals surface area contributed by atoms with Crippen molar-refractivity contribution in [1.82, 2.24) is 10.2 Å². The summed E-state index contributed by atoms with van der Waals surface area (Å²) in [5.74, 6) is 0.778. The maximum Gasteiger partial charge on any atom is 0.226 e. The minimum Gasteiger partial charge on any atom is -0.396 e. The lowest BCUT2D eigenvalue weighted by Crippen LogP contribution is -2.42. The number of aliphatic hydroxyl groups is 1. The van der Waals surface area contributed by atoms with Crippen molar-refractivity contribution in [3.63, 3.8) is 0 Å². The first-order chi connectivity index (χ1) is 7.31. The van der Waals surface area contributed by atoms with Crippen LogP contribution in [0.3, 0.4) is 0 Å². The van der Waals surface area contributed by atoms with Gasteiger partial charge in [0.15, 0.2) is 0 Å². The molecule has 2 heterocycles. The van der Waals surface area contributed by atoms with Gasteiger partial charge in [-0.25, -0.2) is 0 Å². The summed E-state index contributed by atoms with van der Waals surface area (Å²) >= 11 is 0. The first kappa shape index (κ1) is 10.9. The van der Waals surface area contributed by atoms with E-state index in [-0.39, 0.29) is 18.4 Å². The van der Waals surface area contributed by atoms with Crippen molar-refractivity contribution in [2.45, 2.75) is 19.3 Å². The Morgan fingerprint density at radius 2 is 2.33 bits per heavy atom. The molecule has 0 aromatic carbocycles. The molecule has 0 saturated carbocycles. The van der Waals surface area contributed by atoms with Crippen LogP contribution in [0.2, 0.25) is 0 Å². The van der Waals surface area contributed by atoms with E-state index in [1.807, 2.05) is 4.90 Å². The van der Waals surface area contributed by atoms with Crippen LogP contribution in [0.15, 0.2) is 0 Å². The van der Waals surface area contributed by atoms with E-state index in [4.69, 9.17) is 5.11 Å². The van der Waals surface area contributed by atoms with Gasteiger partial charge in [0.05, 0.1) is 5.92 Å². The van der Waals surface area contributed by atoms with Gasteiger partial charge in [-0.3, -0.25) is 4.79 Å². The Hall–Kier alpha value is -0.610. The van der Waals surface area contributed by atoms with Gasteiger partial charge in [0.1, 0.15) is 0 Å². The van der Waals surface area contributed by atoms with Gasteiger partial charge in [0.2, 0.25) is 5.91 Å². The van der Waals surface area contributed by atoms with Crippen molar-refractivity contribution in [1.29, 1.82) is 0 Å². The standard InChI is InChI=1S/C11H20N2O2/c14-8-9-3-5-13(7-9)11(15)10-2-1-4-12-6-10/h9-10,12,14H,1-8H2/t9-,10+/m1/s1. The van der Waals surface area contributed by atoms with Crippen LogP contribution in [0, 0.1) is 11.8 Å². The number of nitrogens with zero attached hydrogens (tertiary/aromatic N) is 1. The van der Waals surface area contributed by atoms with Gasteiger partial charge < -0.3 is 15.3 Å². The molecule has 0 bridgehead atoms. The van der Waals surface area contributed by atoms with Crippen LogP contribution in [0.25, 0.3) is 0 Å². The maximum absolute atomic E-state index is 12.1. The molecule has 2 atom stereocenters.